The number of benzene rings is 1. The Labute approximate surface area is 112 Å². The minimum absolute atomic E-state index is 0.0504. The number of nitrogens with zero attached hydrogens (tertiary/aromatic N) is 2. The summed E-state index contributed by atoms with van der Waals surface area (Å²) in [4.78, 5) is 4.35. The van der Waals surface area contributed by atoms with Gasteiger partial charge in [0.1, 0.15) is 5.82 Å². The second kappa shape index (κ2) is 6.43. The van der Waals surface area contributed by atoms with Crippen molar-refractivity contribution in [2.24, 2.45) is 0 Å². The average Bonchev–Trinajstić information content (AvgIpc) is 2.87. The van der Waals surface area contributed by atoms with Crippen molar-refractivity contribution in [3.05, 3.63) is 47.4 Å². The highest BCUT2D eigenvalue weighted by Gasteiger charge is 2.13. The van der Waals surface area contributed by atoms with E-state index < -0.39 is 0 Å². The maximum atomic E-state index is 12.8. The van der Waals surface area contributed by atoms with Gasteiger partial charge >= 0.3 is 0 Å². The number of nitrogens with one attached hydrogen (secondary N) is 1. The normalized spacial score (nSPS) is 12.6. The Hall–Kier alpha value is -1.75. The van der Waals surface area contributed by atoms with Crippen LogP contribution in [0.1, 0.15) is 43.6 Å². The van der Waals surface area contributed by atoms with Gasteiger partial charge in [0.05, 0.1) is 6.04 Å². The molecule has 0 amide bonds. The fourth-order valence-corrected chi connectivity index (χ4v) is 1.75. The first kappa shape index (κ1) is 13.7. The lowest BCUT2D eigenvalue weighted by molar-refractivity contribution is 0.337. The summed E-state index contributed by atoms with van der Waals surface area (Å²) in [6.45, 7) is 5.01. The lowest BCUT2D eigenvalue weighted by Gasteiger charge is -2.06. The van der Waals surface area contributed by atoms with Crippen LogP contribution in [0.3, 0.4) is 0 Å². The van der Waals surface area contributed by atoms with Gasteiger partial charge in [0.15, 0.2) is 5.82 Å². The fourth-order valence-electron chi connectivity index (χ4n) is 1.75. The van der Waals surface area contributed by atoms with Gasteiger partial charge in [-0.1, -0.05) is 24.2 Å². The van der Waals surface area contributed by atoms with Crippen LogP contribution in [-0.4, -0.2) is 16.7 Å². The van der Waals surface area contributed by atoms with E-state index in [4.69, 9.17) is 4.52 Å². The molecule has 0 saturated carbocycles. The number of hydrogen-bond acceptors (Lipinski definition) is 4. The standard InChI is InChI=1S/C14H18FN3O/c1-3-8-16-10(2)14-17-13(18-19-14)9-11-4-6-12(15)7-5-11/h4-7,10,16H,3,8-9H2,1-2H3. The molecule has 0 saturated heterocycles. The molecule has 1 aromatic carbocycles. The van der Waals surface area contributed by atoms with Crippen LogP contribution in [0.4, 0.5) is 4.39 Å². The average molecular weight is 263 g/mol. The van der Waals surface area contributed by atoms with Gasteiger partial charge in [-0.2, -0.15) is 4.98 Å². The summed E-state index contributed by atoms with van der Waals surface area (Å²) < 4.78 is 18.0. The molecule has 0 bridgehead atoms. The molecule has 5 heteroatoms. The van der Waals surface area contributed by atoms with Gasteiger partial charge < -0.3 is 9.84 Å². The predicted octanol–water partition coefficient (Wildman–Crippen LogP) is 2.86. The van der Waals surface area contributed by atoms with E-state index in [9.17, 15) is 4.39 Å². The number of rotatable bonds is 6. The van der Waals surface area contributed by atoms with Crippen LogP contribution in [0.5, 0.6) is 0 Å². The zero-order chi connectivity index (χ0) is 13.7. The molecular formula is C14H18FN3O. The van der Waals surface area contributed by atoms with Crippen LogP contribution in [0, 0.1) is 5.82 Å². The Bertz CT molecular complexity index is 510. The van der Waals surface area contributed by atoms with E-state index in [1.54, 1.807) is 12.1 Å². The first-order valence-corrected chi connectivity index (χ1v) is 6.49. The molecule has 19 heavy (non-hydrogen) atoms. The molecule has 0 aliphatic rings. The van der Waals surface area contributed by atoms with Crippen LogP contribution < -0.4 is 5.32 Å². The molecule has 0 radical (unpaired) electrons. The fraction of sp³-hybridized carbons (Fsp3) is 0.429. The molecule has 0 aliphatic carbocycles. The largest absolute Gasteiger partial charge is 0.338 e. The third-order valence-electron chi connectivity index (χ3n) is 2.83. The predicted molar refractivity (Wildman–Crippen MR) is 70.2 cm³/mol. The number of aromatic nitrogens is 2. The Morgan fingerprint density at radius 3 is 2.74 bits per heavy atom. The number of hydrogen-bond donors (Lipinski definition) is 1. The molecule has 4 nitrogen and oxygen atoms in total. The van der Waals surface area contributed by atoms with Gasteiger partial charge in [-0.15, -0.1) is 0 Å². The molecule has 0 aliphatic heterocycles. The summed E-state index contributed by atoms with van der Waals surface area (Å²) >= 11 is 0. The monoisotopic (exact) mass is 263 g/mol. The quantitative estimate of drug-likeness (QED) is 0.870. The van der Waals surface area contributed by atoms with Gasteiger partial charge in [-0.05, 0) is 37.6 Å². The molecule has 1 unspecified atom stereocenters. The van der Waals surface area contributed by atoms with Crippen molar-refractivity contribution in [2.45, 2.75) is 32.7 Å². The smallest absolute Gasteiger partial charge is 0.243 e. The van der Waals surface area contributed by atoms with Crippen LogP contribution in [0.2, 0.25) is 0 Å². The SMILES string of the molecule is CCCNC(C)c1nc(Cc2ccc(F)cc2)no1. The molecule has 1 atom stereocenters. The molecule has 0 spiro atoms. The van der Waals surface area contributed by atoms with Crippen molar-refractivity contribution in [2.75, 3.05) is 6.54 Å². The second-order valence-electron chi connectivity index (χ2n) is 4.53. The van der Waals surface area contributed by atoms with Crippen LogP contribution in [-0.2, 0) is 6.42 Å². The highest BCUT2D eigenvalue weighted by molar-refractivity contribution is 5.19. The molecule has 1 N–H and O–H groups in total. The molecule has 102 valence electrons. The minimum Gasteiger partial charge on any atom is -0.338 e. The summed E-state index contributed by atoms with van der Waals surface area (Å²) in [6.07, 6.45) is 1.60. The van der Waals surface area contributed by atoms with Crippen molar-refractivity contribution in [1.29, 1.82) is 0 Å². The van der Waals surface area contributed by atoms with Gasteiger partial charge in [-0.25, -0.2) is 4.39 Å². The van der Waals surface area contributed by atoms with Crippen molar-refractivity contribution in [3.63, 3.8) is 0 Å². The van der Waals surface area contributed by atoms with Crippen LogP contribution in [0.25, 0.3) is 0 Å². The van der Waals surface area contributed by atoms with E-state index in [2.05, 4.69) is 22.4 Å². The van der Waals surface area contributed by atoms with Crippen molar-refractivity contribution >= 4 is 0 Å². The Morgan fingerprint density at radius 1 is 1.32 bits per heavy atom. The lowest BCUT2D eigenvalue weighted by Crippen LogP contribution is -2.19. The van der Waals surface area contributed by atoms with Crippen molar-refractivity contribution in [3.8, 4) is 0 Å². The molecule has 0 fully saturated rings. The first-order valence-electron chi connectivity index (χ1n) is 6.49. The Balaban J connectivity index is 1.98. The second-order valence-corrected chi connectivity index (χ2v) is 4.53. The third kappa shape index (κ3) is 3.86. The molecular weight excluding hydrogens is 245 g/mol. The van der Waals surface area contributed by atoms with E-state index in [1.165, 1.54) is 12.1 Å². The van der Waals surface area contributed by atoms with Gasteiger partial charge in [-0.3, -0.25) is 0 Å². The zero-order valence-electron chi connectivity index (χ0n) is 11.2. The third-order valence-corrected chi connectivity index (χ3v) is 2.83. The Kier molecular flexibility index (Phi) is 4.63. The van der Waals surface area contributed by atoms with Gasteiger partial charge in [0.25, 0.3) is 0 Å². The van der Waals surface area contributed by atoms with Gasteiger partial charge in [0, 0.05) is 6.42 Å². The zero-order valence-corrected chi connectivity index (χ0v) is 11.2. The van der Waals surface area contributed by atoms with E-state index in [0.717, 1.165) is 18.5 Å². The minimum atomic E-state index is -0.241. The highest BCUT2D eigenvalue weighted by Crippen LogP contribution is 2.12. The first-order chi connectivity index (χ1) is 9.19. The van der Waals surface area contributed by atoms with Crippen molar-refractivity contribution < 1.29 is 8.91 Å². The summed E-state index contributed by atoms with van der Waals surface area (Å²) in [5.74, 6) is 0.965. The Morgan fingerprint density at radius 2 is 2.05 bits per heavy atom. The topological polar surface area (TPSA) is 51.0 Å². The highest BCUT2D eigenvalue weighted by atomic mass is 19.1. The maximum absolute atomic E-state index is 12.8. The van der Waals surface area contributed by atoms with Crippen LogP contribution >= 0.6 is 0 Å². The maximum Gasteiger partial charge on any atom is 0.243 e. The van der Waals surface area contributed by atoms with Gasteiger partial charge in [0.2, 0.25) is 5.89 Å². The summed E-state index contributed by atoms with van der Waals surface area (Å²) in [6, 6.07) is 6.37. The molecule has 2 rings (SSSR count). The van der Waals surface area contributed by atoms with Crippen molar-refractivity contribution in [1.82, 2.24) is 15.5 Å². The summed E-state index contributed by atoms with van der Waals surface area (Å²) in [5, 5.41) is 7.23. The van der Waals surface area contributed by atoms with Crippen LogP contribution in [0.15, 0.2) is 28.8 Å². The van der Waals surface area contributed by atoms with E-state index >= 15 is 0 Å². The summed E-state index contributed by atoms with van der Waals surface area (Å²) in [5.41, 5.74) is 0.961. The molecule has 1 heterocycles. The summed E-state index contributed by atoms with van der Waals surface area (Å²) in [7, 11) is 0. The lowest BCUT2D eigenvalue weighted by atomic mass is 10.1. The molecule has 2 aromatic rings. The van der Waals surface area contributed by atoms with E-state index in [0.29, 0.717) is 18.1 Å². The molecule has 1 aromatic heterocycles. The number of halogens is 1. The van der Waals surface area contributed by atoms with E-state index in [1.807, 2.05) is 6.92 Å². The van der Waals surface area contributed by atoms with E-state index in [-0.39, 0.29) is 11.9 Å².